The Morgan fingerprint density at radius 1 is 1.19 bits per heavy atom. The molecule has 1 aliphatic heterocycles. The van der Waals surface area contributed by atoms with Crippen LogP contribution in [0.3, 0.4) is 0 Å². The molecule has 0 atom stereocenters. The number of piperazine rings is 1. The molecule has 1 saturated heterocycles. The Morgan fingerprint density at radius 3 is 2.44 bits per heavy atom. The van der Waals surface area contributed by atoms with E-state index in [2.05, 4.69) is 9.88 Å². The van der Waals surface area contributed by atoms with Gasteiger partial charge in [-0.05, 0) is 26.8 Å². The largest absolute Gasteiger partial charge is 0.444 e. The molecule has 1 amide bonds. The molecule has 144 valence electrons. The summed E-state index contributed by atoms with van der Waals surface area (Å²) in [5, 5.41) is 11.2. The van der Waals surface area contributed by atoms with E-state index in [0.29, 0.717) is 31.9 Å². The van der Waals surface area contributed by atoms with Crippen molar-refractivity contribution in [1.29, 1.82) is 0 Å². The number of rotatable bonds is 3. The lowest BCUT2D eigenvalue weighted by Gasteiger charge is -2.37. The highest BCUT2D eigenvalue weighted by Crippen LogP contribution is 2.29. The first-order valence-corrected chi connectivity index (χ1v) is 8.74. The molecule has 27 heavy (non-hydrogen) atoms. The Bertz CT molecular complexity index is 821. The number of nitrogens with zero attached hydrogens (tertiary/aromatic N) is 5. The zero-order chi connectivity index (χ0) is 19.6. The van der Waals surface area contributed by atoms with Crippen LogP contribution < -0.4 is 4.90 Å². The third-order valence-electron chi connectivity index (χ3n) is 4.22. The summed E-state index contributed by atoms with van der Waals surface area (Å²) in [5.74, 6) is 0. The van der Waals surface area contributed by atoms with Crippen LogP contribution in [-0.4, -0.2) is 57.2 Å². The maximum atomic E-state index is 12.2. The second-order valence-corrected chi connectivity index (χ2v) is 7.35. The third kappa shape index (κ3) is 4.36. The second-order valence-electron chi connectivity index (χ2n) is 7.35. The number of ether oxygens (including phenoxy) is 1. The highest BCUT2D eigenvalue weighted by atomic mass is 16.6. The lowest BCUT2D eigenvalue weighted by Crippen LogP contribution is -2.50. The van der Waals surface area contributed by atoms with Gasteiger partial charge in [-0.2, -0.15) is 0 Å². The van der Waals surface area contributed by atoms with Crippen molar-refractivity contribution in [3.63, 3.8) is 0 Å². The summed E-state index contributed by atoms with van der Waals surface area (Å²) < 4.78 is 7.18. The molecule has 9 heteroatoms. The van der Waals surface area contributed by atoms with Gasteiger partial charge < -0.3 is 19.1 Å². The number of carbonyl (C=O) groups is 1. The van der Waals surface area contributed by atoms with Crippen LogP contribution in [0.2, 0.25) is 0 Å². The minimum atomic E-state index is -0.527. The number of hydrogen-bond donors (Lipinski definition) is 0. The fourth-order valence-corrected chi connectivity index (χ4v) is 2.96. The fourth-order valence-electron chi connectivity index (χ4n) is 2.96. The van der Waals surface area contributed by atoms with E-state index in [0.717, 1.165) is 5.69 Å². The van der Waals surface area contributed by atoms with Gasteiger partial charge in [0.2, 0.25) is 0 Å². The molecule has 2 aromatic rings. The lowest BCUT2D eigenvalue weighted by molar-refractivity contribution is -0.384. The number of benzene rings is 1. The van der Waals surface area contributed by atoms with Crippen molar-refractivity contribution in [3.05, 3.63) is 47.0 Å². The number of nitro groups is 1. The van der Waals surface area contributed by atoms with Gasteiger partial charge in [-0.1, -0.05) is 0 Å². The van der Waals surface area contributed by atoms with Crippen molar-refractivity contribution >= 4 is 17.5 Å². The highest BCUT2D eigenvalue weighted by molar-refractivity contribution is 5.70. The average Bonchev–Trinajstić information content (AvgIpc) is 3.14. The van der Waals surface area contributed by atoms with Gasteiger partial charge in [-0.25, -0.2) is 9.78 Å². The van der Waals surface area contributed by atoms with Crippen molar-refractivity contribution in [2.45, 2.75) is 26.4 Å². The molecule has 1 fully saturated rings. The highest BCUT2D eigenvalue weighted by Gasteiger charge is 2.27. The van der Waals surface area contributed by atoms with Gasteiger partial charge >= 0.3 is 6.09 Å². The van der Waals surface area contributed by atoms with E-state index in [1.807, 2.05) is 20.8 Å². The lowest BCUT2D eigenvalue weighted by atomic mass is 10.2. The Hall–Kier alpha value is -3.10. The van der Waals surface area contributed by atoms with E-state index in [4.69, 9.17) is 4.74 Å². The van der Waals surface area contributed by atoms with Crippen molar-refractivity contribution < 1.29 is 14.5 Å². The maximum Gasteiger partial charge on any atom is 0.410 e. The number of anilines is 1. The number of aromatic nitrogens is 2. The van der Waals surface area contributed by atoms with Crippen LogP contribution in [0.5, 0.6) is 0 Å². The number of nitro benzene ring substituents is 1. The molecule has 0 saturated carbocycles. The topological polar surface area (TPSA) is 93.7 Å². The molecule has 9 nitrogen and oxygen atoms in total. The number of amides is 1. The van der Waals surface area contributed by atoms with Crippen LogP contribution in [0.4, 0.5) is 16.2 Å². The molecule has 2 heterocycles. The zero-order valence-electron chi connectivity index (χ0n) is 15.7. The summed E-state index contributed by atoms with van der Waals surface area (Å²) in [4.78, 5) is 30.8. The Morgan fingerprint density at radius 2 is 1.89 bits per heavy atom. The van der Waals surface area contributed by atoms with Crippen LogP contribution in [0.1, 0.15) is 20.8 Å². The molecular formula is C18H23N5O4. The van der Waals surface area contributed by atoms with Gasteiger partial charge in [0, 0.05) is 50.7 Å². The predicted octanol–water partition coefficient (Wildman–Crippen LogP) is 2.84. The fraction of sp³-hybridized carbons (Fsp3) is 0.444. The van der Waals surface area contributed by atoms with Crippen LogP contribution in [0.15, 0.2) is 36.9 Å². The van der Waals surface area contributed by atoms with E-state index in [1.54, 1.807) is 34.3 Å². The maximum absolute atomic E-state index is 12.2. The molecule has 1 aromatic heterocycles. The molecule has 3 rings (SSSR count). The van der Waals surface area contributed by atoms with Crippen molar-refractivity contribution in [2.75, 3.05) is 31.1 Å². The van der Waals surface area contributed by atoms with Gasteiger partial charge in [0.15, 0.2) is 0 Å². The second kappa shape index (κ2) is 7.26. The molecule has 1 aliphatic rings. The first-order valence-electron chi connectivity index (χ1n) is 8.74. The SMILES string of the molecule is CC(C)(C)OC(=O)N1CCN(c2ccc([N+](=O)[O-])cc2-n2ccnc2)CC1. The molecule has 1 aromatic carbocycles. The van der Waals surface area contributed by atoms with E-state index in [1.165, 1.54) is 12.1 Å². The minimum Gasteiger partial charge on any atom is -0.444 e. The van der Waals surface area contributed by atoms with E-state index in [-0.39, 0.29) is 11.8 Å². The summed E-state index contributed by atoms with van der Waals surface area (Å²) in [6, 6.07) is 4.78. The smallest absolute Gasteiger partial charge is 0.410 e. The van der Waals surface area contributed by atoms with E-state index < -0.39 is 10.5 Å². The van der Waals surface area contributed by atoms with Crippen molar-refractivity contribution in [1.82, 2.24) is 14.5 Å². The van der Waals surface area contributed by atoms with Gasteiger partial charge in [-0.15, -0.1) is 0 Å². The number of imidazole rings is 1. The third-order valence-corrected chi connectivity index (χ3v) is 4.22. The van der Waals surface area contributed by atoms with Crippen LogP contribution in [-0.2, 0) is 4.74 Å². The van der Waals surface area contributed by atoms with Crippen LogP contribution >= 0.6 is 0 Å². The standard InChI is InChI=1S/C18H23N5O4/c1-18(2,3)27-17(24)21-10-8-20(9-11-21)15-5-4-14(23(25)26)12-16(15)22-7-6-19-13-22/h4-7,12-13H,8-11H2,1-3H3. The molecule has 0 radical (unpaired) electrons. The number of non-ortho nitro benzene ring substituents is 1. The Labute approximate surface area is 157 Å². The van der Waals surface area contributed by atoms with Gasteiger partial charge in [0.05, 0.1) is 22.6 Å². The summed E-state index contributed by atoms with van der Waals surface area (Å²) in [6.07, 6.45) is 4.67. The summed E-state index contributed by atoms with van der Waals surface area (Å²) in [6.45, 7) is 7.79. The molecule has 0 unspecified atom stereocenters. The number of hydrogen-bond acceptors (Lipinski definition) is 6. The van der Waals surface area contributed by atoms with Gasteiger partial charge in [0.25, 0.3) is 5.69 Å². The van der Waals surface area contributed by atoms with Gasteiger partial charge in [-0.3, -0.25) is 10.1 Å². The number of carbonyl (C=O) groups excluding carboxylic acids is 1. The molecular weight excluding hydrogens is 350 g/mol. The van der Waals surface area contributed by atoms with E-state index >= 15 is 0 Å². The zero-order valence-corrected chi connectivity index (χ0v) is 15.7. The summed E-state index contributed by atoms with van der Waals surface area (Å²) >= 11 is 0. The van der Waals surface area contributed by atoms with Crippen LogP contribution in [0.25, 0.3) is 5.69 Å². The monoisotopic (exact) mass is 373 g/mol. The first-order chi connectivity index (χ1) is 12.7. The average molecular weight is 373 g/mol. The molecule has 0 N–H and O–H groups in total. The summed E-state index contributed by atoms with van der Waals surface area (Å²) in [5.41, 5.74) is 1.05. The predicted molar refractivity (Wildman–Crippen MR) is 100 cm³/mol. The normalized spacial score (nSPS) is 14.9. The van der Waals surface area contributed by atoms with Gasteiger partial charge in [0.1, 0.15) is 5.60 Å². The van der Waals surface area contributed by atoms with E-state index in [9.17, 15) is 14.9 Å². The molecule has 0 aliphatic carbocycles. The minimum absolute atomic E-state index is 0.0230. The Balaban J connectivity index is 1.78. The molecule has 0 spiro atoms. The summed E-state index contributed by atoms with van der Waals surface area (Å²) in [7, 11) is 0. The Kier molecular flexibility index (Phi) is 5.02. The molecule has 0 bridgehead atoms. The van der Waals surface area contributed by atoms with Crippen molar-refractivity contribution in [2.24, 2.45) is 0 Å². The first kappa shape index (κ1) is 18.7. The van der Waals surface area contributed by atoms with Crippen molar-refractivity contribution in [3.8, 4) is 5.69 Å². The van der Waals surface area contributed by atoms with Crippen LogP contribution in [0, 0.1) is 10.1 Å². The quantitative estimate of drug-likeness (QED) is 0.607.